The summed E-state index contributed by atoms with van der Waals surface area (Å²) in [4.78, 5) is 30.0. The van der Waals surface area contributed by atoms with E-state index in [0.717, 1.165) is 0 Å². The molecule has 1 amide bonds. The van der Waals surface area contributed by atoms with Gasteiger partial charge in [0, 0.05) is 11.6 Å². The molecule has 128 valence electrons. The number of carbonyl (C=O) groups excluding carboxylic acids is 2. The van der Waals surface area contributed by atoms with Gasteiger partial charge in [0.2, 0.25) is 11.9 Å². The van der Waals surface area contributed by atoms with Crippen LogP contribution in [0.3, 0.4) is 0 Å². The van der Waals surface area contributed by atoms with E-state index in [4.69, 9.17) is 0 Å². The number of hydrazine groups is 1. The normalized spacial score (nSPS) is 11.8. The largest absolute Gasteiger partial charge is 0.462 e. The molecule has 0 aliphatic carbocycles. The molecular weight excluding hydrogens is 317 g/mol. The predicted molar refractivity (Wildman–Crippen MR) is 74.2 cm³/mol. The summed E-state index contributed by atoms with van der Waals surface area (Å²) in [6.45, 7) is 6.24. The molecule has 7 nitrogen and oxygen atoms in total. The van der Waals surface area contributed by atoms with Crippen molar-refractivity contribution in [3.63, 3.8) is 0 Å². The summed E-state index contributed by atoms with van der Waals surface area (Å²) in [5, 5.41) is 0. The number of anilines is 1. The van der Waals surface area contributed by atoms with Gasteiger partial charge >= 0.3 is 12.1 Å². The van der Waals surface area contributed by atoms with Crippen LogP contribution >= 0.6 is 0 Å². The highest BCUT2D eigenvalue weighted by molar-refractivity contribution is 5.90. The summed E-state index contributed by atoms with van der Waals surface area (Å²) < 4.78 is 43.5. The fraction of sp³-hybridized carbons (Fsp3) is 0.538. The van der Waals surface area contributed by atoms with Gasteiger partial charge in [-0.15, -0.1) is 0 Å². The molecule has 0 saturated carbocycles. The maximum atomic E-state index is 13.0. The standard InChI is InChI=1S/C13H17F3N4O3/c1-5-23-9(21)7-6-17-11(18-8(7)13(14,15)16)20-19-10(22)12(2,3)4/h6H,5H2,1-4H3,(H,19,22)(H,17,18,20). The van der Waals surface area contributed by atoms with E-state index in [0.29, 0.717) is 6.20 Å². The quantitative estimate of drug-likeness (QED) is 0.647. The van der Waals surface area contributed by atoms with Crippen LogP contribution in [0.1, 0.15) is 43.7 Å². The lowest BCUT2D eigenvalue weighted by Gasteiger charge is -2.18. The molecule has 0 aliphatic heterocycles. The third-order valence-corrected chi connectivity index (χ3v) is 2.52. The number of esters is 1. The van der Waals surface area contributed by atoms with Crippen LogP contribution in [0.25, 0.3) is 0 Å². The first kappa shape index (κ1) is 18.7. The Bertz CT molecular complexity index is 597. The first-order chi connectivity index (χ1) is 10.5. The lowest BCUT2D eigenvalue weighted by Crippen LogP contribution is -2.39. The number of rotatable bonds is 4. The van der Waals surface area contributed by atoms with Gasteiger partial charge in [-0.3, -0.25) is 15.6 Å². The summed E-state index contributed by atoms with van der Waals surface area (Å²) >= 11 is 0. The van der Waals surface area contributed by atoms with Gasteiger partial charge in [0.15, 0.2) is 5.69 Å². The summed E-state index contributed by atoms with van der Waals surface area (Å²) in [5.41, 5.74) is 1.38. The predicted octanol–water partition coefficient (Wildman–Crippen LogP) is 2.16. The second kappa shape index (κ2) is 6.80. The average Bonchev–Trinajstić information content (AvgIpc) is 2.42. The molecule has 23 heavy (non-hydrogen) atoms. The molecule has 0 unspecified atom stereocenters. The van der Waals surface area contributed by atoms with Crippen molar-refractivity contribution in [2.75, 3.05) is 12.0 Å². The van der Waals surface area contributed by atoms with E-state index < -0.39 is 40.7 Å². The fourth-order valence-electron chi connectivity index (χ4n) is 1.32. The van der Waals surface area contributed by atoms with E-state index >= 15 is 0 Å². The molecule has 0 bridgehead atoms. The van der Waals surface area contributed by atoms with E-state index in [1.165, 1.54) is 6.92 Å². The van der Waals surface area contributed by atoms with Crippen molar-refractivity contribution >= 4 is 17.8 Å². The maximum absolute atomic E-state index is 13.0. The van der Waals surface area contributed by atoms with Crippen LogP contribution in [0.4, 0.5) is 19.1 Å². The van der Waals surface area contributed by atoms with E-state index in [9.17, 15) is 22.8 Å². The first-order valence-electron chi connectivity index (χ1n) is 6.64. The summed E-state index contributed by atoms with van der Waals surface area (Å²) in [6, 6.07) is 0. The molecule has 1 rings (SSSR count). The lowest BCUT2D eigenvalue weighted by molar-refractivity contribution is -0.141. The van der Waals surface area contributed by atoms with Crippen molar-refractivity contribution in [3.8, 4) is 0 Å². The van der Waals surface area contributed by atoms with Crippen LogP contribution in [0.5, 0.6) is 0 Å². The van der Waals surface area contributed by atoms with Gasteiger partial charge in [-0.05, 0) is 6.92 Å². The number of halogens is 3. The topological polar surface area (TPSA) is 93.2 Å². The van der Waals surface area contributed by atoms with Crippen LogP contribution in [-0.2, 0) is 15.7 Å². The third-order valence-electron chi connectivity index (χ3n) is 2.52. The zero-order chi connectivity index (χ0) is 17.8. The van der Waals surface area contributed by atoms with E-state index in [1.807, 2.05) is 0 Å². The molecule has 1 aromatic rings. The van der Waals surface area contributed by atoms with Gasteiger partial charge in [-0.25, -0.2) is 14.8 Å². The van der Waals surface area contributed by atoms with E-state index in [2.05, 4.69) is 25.6 Å². The maximum Gasteiger partial charge on any atom is 0.434 e. The molecule has 2 N–H and O–H groups in total. The number of alkyl halides is 3. The lowest BCUT2D eigenvalue weighted by atomic mass is 9.96. The van der Waals surface area contributed by atoms with Crippen LogP contribution in [0, 0.1) is 5.41 Å². The fourth-order valence-corrected chi connectivity index (χ4v) is 1.32. The van der Waals surface area contributed by atoms with Gasteiger partial charge in [0.25, 0.3) is 0 Å². The minimum atomic E-state index is -4.88. The Morgan fingerprint density at radius 1 is 1.26 bits per heavy atom. The molecule has 0 atom stereocenters. The van der Waals surface area contributed by atoms with E-state index in [1.54, 1.807) is 20.8 Å². The number of nitrogens with zero attached hydrogens (tertiary/aromatic N) is 2. The van der Waals surface area contributed by atoms with Crippen LogP contribution in [-0.4, -0.2) is 28.5 Å². The van der Waals surface area contributed by atoms with Crippen molar-refractivity contribution in [2.24, 2.45) is 5.41 Å². The molecule has 10 heteroatoms. The number of hydrogen-bond donors (Lipinski definition) is 2. The molecular formula is C13H17F3N4O3. The first-order valence-corrected chi connectivity index (χ1v) is 6.64. The van der Waals surface area contributed by atoms with Crippen molar-refractivity contribution in [3.05, 3.63) is 17.5 Å². The smallest absolute Gasteiger partial charge is 0.434 e. The average molecular weight is 334 g/mol. The van der Waals surface area contributed by atoms with Crippen molar-refractivity contribution < 1.29 is 27.5 Å². The Hall–Kier alpha value is -2.39. The Labute approximate surface area is 130 Å². The van der Waals surface area contributed by atoms with Crippen LogP contribution < -0.4 is 10.9 Å². The zero-order valence-corrected chi connectivity index (χ0v) is 13.0. The van der Waals surface area contributed by atoms with Crippen molar-refractivity contribution in [1.82, 2.24) is 15.4 Å². The summed E-state index contributed by atoms with van der Waals surface area (Å²) in [6.07, 6.45) is -4.19. The molecule has 0 saturated heterocycles. The number of ether oxygens (including phenoxy) is 1. The molecule has 0 radical (unpaired) electrons. The van der Waals surface area contributed by atoms with Gasteiger partial charge in [0.05, 0.1) is 6.61 Å². The highest BCUT2D eigenvalue weighted by Gasteiger charge is 2.38. The SMILES string of the molecule is CCOC(=O)c1cnc(NNC(=O)C(C)(C)C)nc1C(F)(F)F. The Morgan fingerprint density at radius 3 is 2.35 bits per heavy atom. The summed E-state index contributed by atoms with van der Waals surface area (Å²) in [7, 11) is 0. The third kappa shape index (κ3) is 5.08. The van der Waals surface area contributed by atoms with Gasteiger partial charge in [-0.1, -0.05) is 20.8 Å². The monoisotopic (exact) mass is 334 g/mol. The van der Waals surface area contributed by atoms with Gasteiger partial charge < -0.3 is 4.74 Å². The Morgan fingerprint density at radius 2 is 1.87 bits per heavy atom. The Kier molecular flexibility index (Phi) is 5.51. The molecule has 0 aliphatic rings. The van der Waals surface area contributed by atoms with Crippen LogP contribution in [0.2, 0.25) is 0 Å². The van der Waals surface area contributed by atoms with Gasteiger partial charge in [0.1, 0.15) is 5.56 Å². The minimum Gasteiger partial charge on any atom is -0.462 e. The number of hydrogen-bond acceptors (Lipinski definition) is 6. The molecule has 1 heterocycles. The summed E-state index contributed by atoms with van der Waals surface area (Å²) in [5.74, 6) is -2.14. The Balaban J connectivity index is 3.05. The zero-order valence-electron chi connectivity index (χ0n) is 13.0. The number of nitrogens with one attached hydrogen (secondary N) is 2. The van der Waals surface area contributed by atoms with Gasteiger partial charge in [-0.2, -0.15) is 13.2 Å². The molecule has 1 aromatic heterocycles. The van der Waals surface area contributed by atoms with E-state index in [-0.39, 0.29) is 6.61 Å². The molecule has 0 fully saturated rings. The van der Waals surface area contributed by atoms with Crippen molar-refractivity contribution in [2.45, 2.75) is 33.9 Å². The number of aromatic nitrogens is 2. The molecule has 0 aromatic carbocycles. The number of carbonyl (C=O) groups is 2. The highest BCUT2D eigenvalue weighted by atomic mass is 19.4. The highest BCUT2D eigenvalue weighted by Crippen LogP contribution is 2.31. The minimum absolute atomic E-state index is 0.0855. The second-order valence-electron chi connectivity index (χ2n) is 5.50. The number of amides is 1. The van der Waals surface area contributed by atoms with Crippen LogP contribution in [0.15, 0.2) is 6.20 Å². The molecule has 0 spiro atoms. The second-order valence-corrected chi connectivity index (χ2v) is 5.50. The van der Waals surface area contributed by atoms with Crippen molar-refractivity contribution in [1.29, 1.82) is 0 Å².